The minimum absolute atomic E-state index is 0.0308. The molecule has 2 heterocycles. The lowest BCUT2D eigenvalue weighted by atomic mass is 10.2. The number of primary amides is 1. The monoisotopic (exact) mass is 385 g/mol. The molecule has 0 spiro atoms. The molecule has 9 nitrogen and oxygen atoms in total. The number of rotatable bonds is 6. The first-order valence-electron chi connectivity index (χ1n) is 8.37. The second kappa shape index (κ2) is 7.61. The molecule has 0 unspecified atom stereocenters. The Morgan fingerprint density at radius 2 is 1.96 bits per heavy atom. The predicted octanol–water partition coefficient (Wildman–Crippen LogP) is 1.20. The Balaban J connectivity index is 2.01. The molecular weight excluding hydrogens is 365 g/mol. The number of hydrogen-bond acceptors (Lipinski definition) is 7. The summed E-state index contributed by atoms with van der Waals surface area (Å²) in [5.74, 6) is -1.25. The van der Waals surface area contributed by atoms with Crippen molar-refractivity contribution >= 4 is 34.4 Å². The average Bonchev–Trinajstić information content (AvgIpc) is 2.63. The van der Waals surface area contributed by atoms with Gasteiger partial charge in [0.25, 0.3) is 5.91 Å². The molecule has 0 bridgehead atoms. The lowest BCUT2D eigenvalue weighted by molar-refractivity contribution is 0.0999. The molecule has 146 valence electrons. The van der Waals surface area contributed by atoms with Gasteiger partial charge in [-0.05, 0) is 31.8 Å². The number of alkyl halides is 1. The van der Waals surface area contributed by atoms with Gasteiger partial charge in [0.05, 0.1) is 5.39 Å². The van der Waals surface area contributed by atoms with Crippen molar-refractivity contribution in [2.45, 2.75) is 13.3 Å². The van der Waals surface area contributed by atoms with Crippen molar-refractivity contribution in [1.29, 1.82) is 0 Å². The van der Waals surface area contributed by atoms with Gasteiger partial charge in [0, 0.05) is 18.4 Å². The number of benzene rings is 1. The summed E-state index contributed by atoms with van der Waals surface area (Å²) in [6.45, 7) is -0.282. The highest BCUT2D eigenvalue weighted by Crippen LogP contribution is 2.20. The molecule has 0 saturated heterocycles. The number of anilines is 3. The van der Waals surface area contributed by atoms with Crippen LogP contribution >= 0.6 is 0 Å². The fourth-order valence-electron chi connectivity index (χ4n) is 2.85. The Labute approximate surface area is 159 Å². The lowest BCUT2D eigenvalue weighted by Crippen LogP contribution is -2.28. The molecule has 3 rings (SSSR count). The highest BCUT2D eigenvalue weighted by atomic mass is 19.1. The quantitative estimate of drug-likeness (QED) is 0.581. The van der Waals surface area contributed by atoms with Gasteiger partial charge in [0.1, 0.15) is 11.4 Å². The van der Waals surface area contributed by atoms with Gasteiger partial charge in [-0.3, -0.25) is 14.2 Å². The van der Waals surface area contributed by atoms with Crippen LogP contribution in [-0.4, -0.2) is 39.4 Å². The van der Waals surface area contributed by atoms with Crippen LogP contribution < -0.4 is 22.2 Å². The number of hydrogen-bond donors (Lipinski definition) is 3. The van der Waals surface area contributed by atoms with Gasteiger partial charge in [-0.15, -0.1) is 0 Å². The largest absolute Gasteiger partial charge is 0.384 e. The van der Waals surface area contributed by atoms with Crippen LogP contribution in [0, 0.1) is 0 Å². The number of fused-ring (bicyclic) bond motifs is 1. The normalized spacial score (nSPS) is 11.1. The number of amides is 1. The van der Waals surface area contributed by atoms with Gasteiger partial charge >= 0.3 is 0 Å². The van der Waals surface area contributed by atoms with E-state index in [0.29, 0.717) is 0 Å². The molecule has 5 N–H and O–H groups in total. The topological polar surface area (TPSA) is 132 Å². The summed E-state index contributed by atoms with van der Waals surface area (Å²) < 4.78 is 14.4. The van der Waals surface area contributed by atoms with Gasteiger partial charge in [0.2, 0.25) is 11.4 Å². The van der Waals surface area contributed by atoms with Crippen LogP contribution in [0.5, 0.6) is 0 Å². The van der Waals surface area contributed by atoms with Crippen LogP contribution in [0.25, 0.3) is 11.0 Å². The van der Waals surface area contributed by atoms with E-state index in [2.05, 4.69) is 20.2 Å². The van der Waals surface area contributed by atoms with E-state index in [1.165, 1.54) is 6.20 Å². The van der Waals surface area contributed by atoms with Crippen LogP contribution in [-0.2, 0) is 13.3 Å². The Morgan fingerprint density at radius 1 is 1.29 bits per heavy atom. The Bertz CT molecular complexity index is 1090. The van der Waals surface area contributed by atoms with Crippen LogP contribution in [0.15, 0.2) is 35.3 Å². The number of nitrogens with two attached hydrogens (primary N) is 2. The molecule has 10 heteroatoms. The van der Waals surface area contributed by atoms with Gasteiger partial charge in [-0.2, -0.15) is 4.98 Å². The van der Waals surface area contributed by atoms with E-state index in [1.807, 2.05) is 38.4 Å². The third kappa shape index (κ3) is 3.62. The molecule has 0 aliphatic carbocycles. The number of pyridine rings is 1. The molecule has 1 aromatic carbocycles. The molecule has 0 radical (unpaired) electrons. The summed E-state index contributed by atoms with van der Waals surface area (Å²) in [7, 11) is 3.96. The first-order valence-corrected chi connectivity index (χ1v) is 8.37. The SMILES string of the molecule is CN(C)Cc1ccc(Nc2ncc3c(=O)c(C(N)=O)c(N)n(CF)c3n2)cc1. The van der Waals surface area contributed by atoms with Gasteiger partial charge in [-0.25, -0.2) is 9.37 Å². The molecule has 2 aromatic heterocycles. The molecule has 0 aliphatic rings. The highest BCUT2D eigenvalue weighted by Gasteiger charge is 2.20. The molecule has 3 aromatic rings. The van der Waals surface area contributed by atoms with E-state index in [9.17, 15) is 14.0 Å². The smallest absolute Gasteiger partial charge is 0.256 e. The van der Waals surface area contributed by atoms with E-state index >= 15 is 0 Å². The maximum absolute atomic E-state index is 13.5. The Morgan fingerprint density at radius 3 is 2.54 bits per heavy atom. The highest BCUT2D eigenvalue weighted by molar-refractivity contribution is 6.00. The molecule has 28 heavy (non-hydrogen) atoms. The summed E-state index contributed by atoms with van der Waals surface area (Å²) in [5.41, 5.74) is 11.6. The summed E-state index contributed by atoms with van der Waals surface area (Å²) in [6.07, 6.45) is 1.21. The summed E-state index contributed by atoms with van der Waals surface area (Å²) in [4.78, 5) is 34.3. The van der Waals surface area contributed by atoms with Crippen LogP contribution in [0.2, 0.25) is 0 Å². The first kappa shape index (κ1) is 19.2. The Hall–Kier alpha value is -3.53. The molecular formula is C18H20FN7O2. The second-order valence-electron chi connectivity index (χ2n) is 6.49. The maximum atomic E-state index is 13.5. The van der Waals surface area contributed by atoms with Gasteiger partial charge in [0.15, 0.2) is 12.4 Å². The summed E-state index contributed by atoms with van der Waals surface area (Å²) >= 11 is 0. The number of halogens is 1. The number of nitrogen functional groups attached to an aromatic ring is 1. The molecule has 0 saturated carbocycles. The number of nitrogens with one attached hydrogen (secondary N) is 1. The van der Waals surface area contributed by atoms with E-state index in [1.54, 1.807) is 0 Å². The van der Waals surface area contributed by atoms with Crippen molar-refractivity contribution in [2.75, 3.05) is 25.1 Å². The van der Waals surface area contributed by atoms with Crippen LogP contribution in [0.1, 0.15) is 15.9 Å². The first-order chi connectivity index (χ1) is 13.3. The van der Waals surface area contributed by atoms with E-state index in [0.717, 1.165) is 22.4 Å². The standard InChI is InChI=1S/C18H20FN7O2/c1-25(2)8-10-3-5-11(6-4-10)23-18-22-7-12-14(27)13(16(21)28)15(20)26(9-19)17(12)24-18/h3-7H,8-9,20H2,1-2H3,(H2,21,28)(H,22,23,24). The van der Waals surface area contributed by atoms with Crippen LogP contribution in [0.4, 0.5) is 21.8 Å². The summed E-state index contributed by atoms with van der Waals surface area (Å²) in [5, 5.41) is 2.95. The van der Waals surface area contributed by atoms with E-state index in [-0.39, 0.29) is 22.8 Å². The fraction of sp³-hybridized carbons (Fsp3) is 0.222. The number of carbonyl (C=O) groups is 1. The summed E-state index contributed by atoms with van der Waals surface area (Å²) in [6, 6.07) is 7.63. The number of carbonyl (C=O) groups excluding carboxylic acids is 1. The zero-order valence-electron chi connectivity index (χ0n) is 15.4. The average molecular weight is 385 g/mol. The predicted molar refractivity (Wildman–Crippen MR) is 105 cm³/mol. The van der Waals surface area contributed by atoms with Crippen molar-refractivity contribution in [1.82, 2.24) is 19.4 Å². The van der Waals surface area contributed by atoms with Crippen molar-refractivity contribution in [2.24, 2.45) is 5.73 Å². The second-order valence-corrected chi connectivity index (χ2v) is 6.49. The molecule has 0 aliphatic heterocycles. The molecule has 1 amide bonds. The zero-order valence-corrected chi connectivity index (χ0v) is 15.4. The maximum Gasteiger partial charge on any atom is 0.256 e. The van der Waals surface area contributed by atoms with E-state index < -0.39 is 23.7 Å². The molecule has 0 atom stereocenters. The lowest BCUT2D eigenvalue weighted by Gasteiger charge is -2.14. The number of nitrogens with zero attached hydrogens (tertiary/aromatic N) is 4. The fourth-order valence-corrected chi connectivity index (χ4v) is 2.85. The minimum Gasteiger partial charge on any atom is -0.384 e. The zero-order chi connectivity index (χ0) is 20.4. The van der Waals surface area contributed by atoms with E-state index in [4.69, 9.17) is 11.5 Å². The minimum atomic E-state index is -1.08. The van der Waals surface area contributed by atoms with Crippen molar-refractivity contribution in [3.8, 4) is 0 Å². The Kier molecular flexibility index (Phi) is 5.23. The third-order valence-corrected chi connectivity index (χ3v) is 4.12. The van der Waals surface area contributed by atoms with Crippen LogP contribution in [0.3, 0.4) is 0 Å². The van der Waals surface area contributed by atoms with Gasteiger partial charge < -0.3 is 21.7 Å². The third-order valence-electron chi connectivity index (χ3n) is 4.12. The van der Waals surface area contributed by atoms with Gasteiger partial charge in [-0.1, -0.05) is 12.1 Å². The van der Waals surface area contributed by atoms with Crippen molar-refractivity contribution in [3.63, 3.8) is 0 Å². The number of aromatic nitrogens is 3. The van der Waals surface area contributed by atoms with Crippen molar-refractivity contribution in [3.05, 3.63) is 51.8 Å². The molecule has 0 fully saturated rings. The van der Waals surface area contributed by atoms with Crippen molar-refractivity contribution < 1.29 is 9.18 Å².